The van der Waals surface area contributed by atoms with E-state index < -0.39 is 22.0 Å². The van der Waals surface area contributed by atoms with Crippen LogP contribution >= 0.6 is 0 Å². The van der Waals surface area contributed by atoms with Gasteiger partial charge >= 0.3 is 6.09 Å². The minimum Gasteiger partial charge on any atom is -0.453 e. The minimum absolute atomic E-state index is 0.115. The van der Waals surface area contributed by atoms with Gasteiger partial charge in [0.05, 0.1) is 12.0 Å². The molecule has 154 valence electrons. The number of methoxy groups -OCH3 is 1. The van der Waals surface area contributed by atoms with Crippen molar-refractivity contribution in [2.75, 3.05) is 30.8 Å². The lowest BCUT2D eigenvalue weighted by Gasteiger charge is -2.26. The fourth-order valence-electron chi connectivity index (χ4n) is 3.06. The first-order valence-corrected chi connectivity index (χ1v) is 10.7. The highest BCUT2D eigenvalue weighted by molar-refractivity contribution is 7.89. The Kier molecular flexibility index (Phi) is 6.50. The number of nitrogens with one attached hydrogen (secondary N) is 2. The van der Waals surface area contributed by atoms with Crippen LogP contribution in [-0.4, -0.2) is 44.9 Å². The number of piperidine rings is 1. The Labute approximate surface area is 169 Å². The predicted molar refractivity (Wildman–Crippen MR) is 109 cm³/mol. The fourth-order valence-corrected chi connectivity index (χ4v) is 4.62. The van der Waals surface area contributed by atoms with Crippen LogP contribution in [0.25, 0.3) is 0 Å². The van der Waals surface area contributed by atoms with Gasteiger partial charge in [0.2, 0.25) is 10.0 Å². The SMILES string of the molecule is COC(=O)Nc1ccc(NC(=O)c2cccc(S(=O)(=O)N3CCCCC3)c2)cc1. The monoisotopic (exact) mass is 417 g/mol. The first kappa shape index (κ1) is 20.8. The third kappa shape index (κ3) is 5.12. The maximum absolute atomic E-state index is 12.8. The van der Waals surface area contributed by atoms with Gasteiger partial charge < -0.3 is 10.1 Å². The van der Waals surface area contributed by atoms with Crippen molar-refractivity contribution in [3.63, 3.8) is 0 Å². The molecule has 2 aromatic rings. The summed E-state index contributed by atoms with van der Waals surface area (Å²) in [5, 5.41) is 5.23. The zero-order valence-electron chi connectivity index (χ0n) is 16.1. The average molecular weight is 417 g/mol. The normalized spacial score (nSPS) is 14.8. The summed E-state index contributed by atoms with van der Waals surface area (Å²) in [6, 6.07) is 12.5. The van der Waals surface area contributed by atoms with Gasteiger partial charge in [0.15, 0.2) is 0 Å². The Balaban J connectivity index is 1.71. The van der Waals surface area contributed by atoms with Gasteiger partial charge in [-0.1, -0.05) is 12.5 Å². The van der Waals surface area contributed by atoms with Crippen LogP contribution in [0.1, 0.15) is 29.6 Å². The van der Waals surface area contributed by atoms with Gasteiger partial charge in [-0.2, -0.15) is 4.31 Å². The number of amides is 2. The van der Waals surface area contributed by atoms with E-state index in [-0.39, 0.29) is 10.5 Å². The Hall–Kier alpha value is -2.91. The minimum atomic E-state index is -3.61. The lowest BCUT2D eigenvalue weighted by atomic mass is 10.2. The van der Waals surface area contributed by atoms with E-state index >= 15 is 0 Å². The van der Waals surface area contributed by atoms with E-state index in [9.17, 15) is 18.0 Å². The fraction of sp³-hybridized carbons (Fsp3) is 0.300. The number of ether oxygens (including phenoxy) is 1. The molecule has 2 amide bonds. The average Bonchev–Trinajstić information content (AvgIpc) is 2.75. The molecule has 2 N–H and O–H groups in total. The molecule has 2 aromatic carbocycles. The molecule has 1 heterocycles. The largest absolute Gasteiger partial charge is 0.453 e. The predicted octanol–water partition coefficient (Wildman–Crippen LogP) is 3.29. The van der Waals surface area contributed by atoms with Gasteiger partial charge in [0, 0.05) is 30.0 Å². The van der Waals surface area contributed by atoms with Crippen LogP contribution in [0, 0.1) is 0 Å². The quantitative estimate of drug-likeness (QED) is 0.777. The molecule has 0 aliphatic carbocycles. The molecule has 1 saturated heterocycles. The molecule has 3 rings (SSSR count). The number of carbonyl (C=O) groups is 2. The number of benzene rings is 2. The number of sulfonamides is 1. The molecule has 1 aliphatic heterocycles. The summed E-state index contributed by atoms with van der Waals surface area (Å²) in [5.74, 6) is -0.422. The maximum Gasteiger partial charge on any atom is 0.411 e. The van der Waals surface area contributed by atoms with E-state index in [1.807, 2.05) is 0 Å². The molecule has 1 aliphatic rings. The summed E-state index contributed by atoms with van der Waals surface area (Å²) >= 11 is 0. The maximum atomic E-state index is 12.8. The number of anilines is 2. The first-order chi connectivity index (χ1) is 13.9. The van der Waals surface area contributed by atoms with Gasteiger partial charge in [-0.15, -0.1) is 0 Å². The summed E-state index contributed by atoms with van der Waals surface area (Å²) in [7, 11) is -2.34. The van der Waals surface area contributed by atoms with E-state index in [4.69, 9.17) is 0 Å². The van der Waals surface area contributed by atoms with Crippen molar-refractivity contribution in [3.8, 4) is 0 Å². The summed E-state index contributed by atoms with van der Waals surface area (Å²) in [6.45, 7) is 1.01. The molecule has 0 radical (unpaired) electrons. The Bertz CT molecular complexity index is 983. The lowest BCUT2D eigenvalue weighted by Crippen LogP contribution is -2.35. The molecule has 8 nitrogen and oxygen atoms in total. The van der Waals surface area contributed by atoms with Crippen molar-refractivity contribution < 1.29 is 22.7 Å². The number of rotatable bonds is 5. The number of hydrogen-bond donors (Lipinski definition) is 2. The van der Waals surface area contributed by atoms with Crippen molar-refractivity contribution in [2.45, 2.75) is 24.2 Å². The van der Waals surface area contributed by atoms with Crippen LogP contribution in [0.4, 0.5) is 16.2 Å². The van der Waals surface area contributed by atoms with Crippen LogP contribution < -0.4 is 10.6 Å². The molecule has 0 unspecified atom stereocenters. The van der Waals surface area contributed by atoms with Crippen LogP contribution in [0.2, 0.25) is 0 Å². The van der Waals surface area contributed by atoms with E-state index in [1.165, 1.54) is 23.5 Å². The summed E-state index contributed by atoms with van der Waals surface area (Å²) in [5.41, 5.74) is 1.28. The van der Waals surface area contributed by atoms with Crippen LogP contribution in [0.3, 0.4) is 0 Å². The van der Waals surface area contributed by atoms with Crippen LogP contribution in [-0.2, 0) is 14.8 Å². The third-order valence-corrected chi connectivity index (χ3v) is 6.52. The van der Waals surface area contributed by atoms with Crippen LogP contribution in [0.5, 0.6) is 0 Å². The molecule has 0 aromatic heterocycles. The van der Waals surface area contributed by atoms with Crippen molar-refractivity contribution in [1.82, 2.24) is 4.31 Å². The summed E-state index contributed by atoms with van der Waals surface area (Å²) in [6.07, 6.45) is 2.14. The zero-order chi connectivity index (χ0) is 20.9. The van der Waals surface area contributed by atoms with Gasteiger partial charge in [0.25, 0.3) is 5.91 Å². The van der Waals surface area contributed by atoms with E-state index in [1.54, 1.807) is 36.4 Å². The molecule has 9 heteroatoms. The molecule has 1 fully saturated rings. The zero-order valence-corrected chi connectivity index (χ0v) is 16.9. The van der Waals surface area contributed by atoms with E-state index in [0.717, 1.165) is 19.3 Å². The highest BCUT2D eigenvalue weighted by Crippen LogP contribution is 2.22. The van der Waals surface area contributed by atoms with Crippen LogP contribution in [0.15, 0.2) is 53.4 Å². The van der Waals surface area contributed by atoms with Gasteiger partial charge in [0.1, 0.15) is 0 Å². The summed E-state index contributed by atoms with van der Waals surface area (Å²) in [4.78, 5) is 23.9. The molecule has 29 heavy (non-hydrogen) atoms. The third-order valence-electron chi connectivity index (χ3n) is 4.62. The Morgan fingerprint density at radius 2 is 1.55 bits per heavy atom. The molecule has 0 saturated carbocycles. The second-order valence-corrected chi connectivity index (χ2v) is 8.58. The Morgan fingerprint density at radius 1 is 0.931 bits per heavy atom. The Morgan fingerprint density at radius 3 is 2.17 bits per heavy atom. The second-order valence-electron chi connectivity index (χ2n) is 6.64. The number of nitrogens with zero attached hydrogens (tertiary/aromatic N) is 1. The smallest absolute Gasteiger partial charge is 0.411 e. The van der Waals surface area contributed by atoms with Crippen molar-refractivity contribution in [3.05, 3.63) is 54.1 Å². The molecular weight excluding hydrogens is 394 g/mol. The van der Waals surface area contributed by atoms with E-state index in [0.29, 0.717) is 24.5 Å². The highest BCUT2D eigenvalue weighted by Gasteiger charge is 2.26. The second kappa shape index (κ2) is 9.06. The standard InChI is InChI=1S/C20H23N3O5S/c1-28-20(25)22-17-10-8-16(9-11-17)21-19(24)15-6-5-7-18(14-15)29(26,27)23-12-3-2-4-13-23/h5-11,14H,2-4,12-13H2,1H3,(H,21,24)(H,22,25). The topological polar surface area (TPSA) is 105 Å². The first-order valence-electron chi connectivity index (χ1n) is 9.27. The molecule has 0 bridgehead atoms. The van der Waals surface area contributed by atoms with Crippen molar-refractivity contribution >= 4 is 33.4 Å². The van der Waals surface area contributed by atoms with Gasteiger partial charge in [-0.05, 0) is 55.3 Å². The molecular formula is C20H23N3O5S. The lowest BCUT2D eigenvalue weighted by molar-refractivity contribution is 0.102. The number of carbonyl (C=O) groups excluding carboxylic acids is 2. The van der Waals surface area contributed by atoms with Gasteiger partial charge in [-0.25, -0.2) is 13.2 Å². The molecule has 0 atom stereocenters. The summed E-state index contributed by atoms with van der Waals surface area (Å²) < 4.78 is 31.6. The van der Waals surface area contributed by atoms with E-state index in [2.05, 4.69) is 15.4 Å². The van der Waals surface area contributed by atoms with Crippen molar-refractivity contribution in [1.29, 1.82) is 0 Å². The van der Waals surface area contributed by atoms with Gasteiger partial charge in [-0.3, -0.25) is 10.1 Å². The number of hydrogen-bond acceptors (Lipinski definition) is 5. The highest BCUT2D eigenvalue weighted by atomic mass is 32.2. The molecule has 0 spiro atoms. The van der Waals surface area contributed by atoms with Crippen molar-refractivity contribution in [2.24, 2.45) is 0 Å².